The van der Waals surface area contributed by atoms with E-state index in [2.05, 4.69) is 19.2 Å². The van der Waals surface area contributed by atoms with Crippen LogP contribution in [0.15, 0.2) is 53.8 Å². The Morgan fingerprint density at radius 2 is 2.03 bits per heavy atom. The molecular weight excluding hydrogens is 462 g/mol. The lowest BCUT2D eigenvalue weighted by Gasteiger charge is -2.14. The summed E-state index contributed by atoms with van der Waals surface area (Å²) in [5.41, 5.74) is 0.267. The first kappa shape index (κ1) is 21.3. The predicted molar refractivity (Wildman–Crippen MR) is 111 cm³/mol. The number of sulfonamides is 1. The van der Waals surface area contributed by atoms with Crippen LogP contribution in [0.1, 0.15) is 5.56 Å². The Kier molecular flexibility index (Phi) is 5.56. The van der Waals surface area contributed by atoms with Gasteiger partial charge in [0.05, 0.1) is 16.2 Å². The lowest BCUT2D eigenvalue weighted by atomic mass is 10.1. The molecule has 4 rings (SSSR count). The number of rotatable bonds is 6. The van der Waals surface area contributed by atoms with Gasteiger partial charge in [-0.25, -0.2) is 22.2 Å². The number of ether oxygens (including phenoxy) is 1. The van der Waals surface area contributed by atoms with Crippen molar-refractivity contribution >= 4 is 26.7 Å². The molecule has 0 aliphatic rings. The number of halogens is 2. The number of nitriles is 1. The summed E-state index contributed by atoms with van der Waals surface area (Å²) >= 11 is 0.843. The molecule has 0 spiro atoms. The fraction of sp³-hybridized carbons (Fsp3) is 0.0526. The highest BCUT2D eigenvalue weighted by Crippen LogP contribution is 2.37. The molecule has 9 nitrogen and oxygen atoms in total. The van der Waals surface area contributed by atoms with Crippen molar-refractivity contribution in [3.63, 3.8) is 0 Å². The summed E-state index contributed by atoms with van der Waals surface area (Å²) in [5.74, 6) is -2.28. The molecule has 32 heavy (non-hydrogen) atoms. The molecule has 2 heterocycles. The number of nitrogens with zero attached hydrogens (tertiary/aromatic N) is 5. The lowest BCUT2D eigenvalue weighted by molar-refractivity contribution is 0.437. The van der Waals surface area contributed by atoms with E-state index in [0.29, 0.717) is 11.8 Å². The SMILES string of the molecule is Cn1nccc1-c1cc(F)cc(F)c1Oc1ccc(S(=O)(=O)Nc2ncns2)cc1C#N. The van der Waals surface area contributed by atoms with Crippen molar-refractivity contribution in [2.75, 3.05) is 4.72 Å². The van der Waals surface area contributed by atoms with Crippen LogP contribution in [-0.2, 0) is 17.1 Å². The molecule has 1 N–H and O–H groups in total. The van der Waals surface area contributed by atoms with Crippen LogP contribution in [0.2, 0.25) is 0 Å². The summed E-state index contributed by atoms with van der Waals surface area (Å²) < 4.78 is 66.6. The van der Waals surface area contributed by atoms with Crippen LogP contribution < -0.4 is 9.46 Å². The number of aryl methyl sites for hydroxylation is 1. The minimum atomic E-state index is -4.05. The quantitative estimate of drug-likeness (QED) is 0.452. The highest BCUT2D eigenvalue weighted by Gasteiger charge is 2.22. The minimum Gasteiger partial charge on any atom is -0.452 e. The van der Waals surface area contributed by atoms with Gasteiger partial charge in [0.15, 0.2) is 11.6 Å². The first-order valence-electron chi connectivity index (χ1n) is 8.77. The van der Waals surface area contributed by atoms with Crippen LogP contribution in [-0.4, -0.2) is 27.6 Å². The van der Waals surface area contributed by atoms with E-state index in [0.717, 1.165) is 23.7 Å². The zero-order chi connectivity index (χ0) is 22.9. The summed E-state index contributed by atoms with van der Waals surface area (Å²) in [6, 6.07) is 8.56. The van der Waals surface area contributed by atoms with Crippen molar-refractivity contribution in [1.29, 1.82) is 5.26 Å². The lowest BCUT2D eigenvalue weighted by Crippen LogP contribution is -2.13. The smallest absolute Gasteiger partial charge is 0.263 e. The Bertz CT molecular complexity index is 1450. The molecule has 4 aromatic rings. The summed E-state index contributed by atoms with van der Waals surface area (Å²) in [6.07, 6.45) is 2.64. The van der Waals surface area contributed by atoms with Crippen LogP contribution in [0, 0.1) is 23.0 Å². The first-order chi connectivity index (χ1) is 15.3. The summed E-state index contributed by atoms with van der Waals surface area (Å²) in [4.78, 5) is 3.52. The fourth-order valence-electron chi connectivity index (χ4n) is 2.85. The van der Waals surface area contributed by atoms with Gasteiger partial charge in [-0.15, -0.1) is 0 Å². The molecule has 2 aromatic heterocycles. The number of anilines is 1. The molecule has 0 radical (unpaired) electrons. The zero-order valence-corrected chi connectivity index (χ0v) is 17.8. The first-order valence-corrected chi connectivity index (χ1v) is 11.0. The van der Waals surface area contributed by atoms with Crippen molar-refractivity contribution in [2.45, 2.75) is 4.90 Å². The monoisotopic (exact) mass is 474 g/mol. The van der Waals surface area contributed by atoms with Crippen LogP contribution >= 0.6 is 11.5 Å². The molecular formula is C19H12F2N6O3S2. The average Bonchev–Trinajstić information content (AvgIpc) is 3.41. The highest BCUT2D eigenvalue weighted by molar-refractivity contribution is 7.93. The van der Waals surface area contributed by atoms with Crippen molar-refractivity contribution in [2.24, 2.45) is 7.05 Å². The van der Waals surface area contributed by atoms with Crippen molar-refractivity contribution in [1.82, 2.24) is 19.1 Å². The number of hydrogen-bond acceptors (Lipinski definition) is 8. The van der Waals surface area contributed by atoms with Gasteiger partial charge in [0.2, 0.25) is 5.13 Å². The largest absolute Gasteiger partial charge is 0.452 e. The number of hydrogen-bond donors (Lipinski definition) is 1. The van der Waals surface area contributed by atoms with E-state index >= 15 is 0 Å². The van der Waals surface area contributed by atoms with Gasteiger partial charge >= 0.3 is 0 Å². The second-order valence-corrected chi connectivity index (χ2v) is 8.79. The molecule has 0 saturated heterocycles. The van der Waals surface area contributed by atoms with E-state index in [9.17, 15) is 22.5 Å². The van der Waals surface area contributed by atoms with Gasteiger partial charge < -0.3 is 4.74 Å². The molecule has 0 aliphatic carbocycles. The van der Waals surface area contributed by atoms with Gasteiger partial charge in [-0.05, 0) is 30.3 Å². The summed E-state index contributed by atoms with van der Waals surface area (Å²) in [7, 11) is -2.46. The Balaban J connectivity index is 1.74. The molecule has 0 bridgehead atoms. The van der Waals surface area contributed by atoms with E-state index in [4.69, 9.17) is 4.74 Å². The molecule has 0 aliphatic heterocycles. The summed E-state index contributed by atoms with van der Waals surface area (Å²) in [6.45, 7) is 0. The van der Waals surface area contributed by atoms with E-state index in [1.807, 2.05) is 6.07 Å². The van der Waals surface area contributed by atoms with Crippen LogP contribution in [0.3, 0.4) is 0 Å². The van der Waals surface area contributed by atoms with Gasteiger partial charge in [-0.1, -0.05) is 0 Å². The molecule has 13 heteroatoms. The number of nitrogens with one attached hydrogen (secondary N) is 1. The molecule has 0 saturated carbocycles. The van der Waals surface area contributed by atoms with Crippen molar-refractivity contribution in [3.05, 3.63) is 66.1 Å². The minimum absolute atomic E-state index is 0.0537. The van der Waals surface area contributed by atoms with E-state index in [-0.39, 0.29) is 32.7 Å². The predicted octanol–water partition coefficient (Wildman–Crippen LogP) is 3.68. The topological polar surface area (TPSA) is 123 Å². The molecule has 0 atom stereocenters. The molecule has 162 valence electrons. The Hall–Kier alpha value is -3.89. The van der Waals surface area contributed by atoms with Crippen molar-refractivity contribution < 1.29 is 21.9 Å². The fourth-order valence-corrected chi connectivity index (χ4v) is 4.53. The van der Waals surface area contributed by atoms with Gasteiger partial charge in [0, 0.05) is 36.4 Å². The van der Waals surface area contributed by atoms with Crippen LogP contribution in [0.5, 0.6) is 11.5 Å². The third kappa shape index (κ3) is 4.13. The average molecular weight is 474 g/mol. The number of aromatic nitrogens is 4. The van der Waals surface area contributed by atoms with Gasteiger partial charge in [0.25, 0.3) is 10.0 Å². The van der Waals surface area contributed by atoms with E-state index in [1.165, 1.54) is 29.3 Å². The number of benzene rings is 2. The third-order valence-corrected chi connectivity index (χ3v) is 6.33. The normalized spacial score (nSPS) is 11.2. The van der Waals surface area contributed by atoms with E-state index < -0.39 is 21.7 Å². The van der Waals surface area contributed by atoms with Gasteiger partial charge in [0.1, 0.15) is 24.0 Å². The third-order valence-electron chi connectivity index (χ3n) is 4.28. The molecule has 0 fully saturated rings. The maximum atomic E-state index is 14.6. The molecule has 0 unspecified atom stereocenters. The van der Waals surface area contributed by atoms with Gasteiger partial charge in [-0.3, -0.25) is 9.40 Å². The van der Waals surface area contributed by atoms with Crippen LogP contribution in [0.25, 0.3) is 11.3 Å². The Morgan fingerprint density at radius 1 is 1.22 bits per heavy atom. The standard InChI is InChI=1S/C19H12F2N6O3S2/c1-27-16(4-5-24-27)14-7-12(20)8-15(21)18(14)30-17-3-2-13(6-11(17)9-22)32(28,29)26-19-23-10-25-31-19/h2-8,10H,1H3,(H,23,25,26). The Morgan fingerprint density at radius 3 is 2.69 bits per heavy atom. The molecule has 2 aromatic carbocycles. The van der Waals surface area contributed by atoms with E-state index in [1.54, 1.807) is 13.1 Å². The zero-order valence-electron chi connectivity index (χ0n) is 16.2. The van der Waals surface area contributed by atoms with Crippen molar-refractivity contribution in [3.8, 4) is 28.8 Å². The second-order valence-electron chi connectivity index (χ2n) is 6.33. The Labute approximate surface area is 184 Å². The second kappa shape index (κ2) is 8.33. The maximum Gasteiger partial charge on any atom is 0.263 e. The summed E-state index contributed by atoms with van der Waals surface area (Å²) in [5, 5.41) is 13.6. The molecule has 0 amide bonds. The van der Waals surface area contributed by atoms with Gasteiger partial charge in [-0.2, -0.15) is 14.7 Å². The highest BCUT2D eigenvalue weighted by atomic mass is 32.2. The van der Waals surface area contributed by atoms with Crippen LogP contribution in [0.4, 0.5) is 13.9 Å². The maximum absolute atomic E-state index is 14.6.